The van der Waals surface area contributed by atoms with Crippen molar-refractivity contribution >= 4 is 32.3 Å². The third kappa shape index (κ3) is 4.89. The molecule has 3 N–H and O–H groups in total. The number of hydrogen-bond acceptors (Lipinski definition) is 4. The lowest BCUT2D eigenvalue weighted by atomic mass is 9.92. The lowest BCUT2D eigenvalue weighted by Gasteiger charge is -2.24. The molecule has 0 radical (unpaired) electrons. The van der Waals surface area contributed by atoms with Crippen molar-refractivity contribution in [2.24, 2.45) is 0 Å². The Kier molecular flexibility index (Phi) is 6.61. The second-order valence-electron chi connectivity index (χ2n) is 9.77. The summed E-state index contributed by atoms with van der Waals surface area (Å²) in [6.45, 7) is 8.99. The molecule has 6 rings (SSSR count). The molecule has 4 heteroatoms. The fourth-order valence-corrected chi connectivity index (χ4v) is 5.53. The molecular formula is C31H34N4. The molecule has 0 spiro atoms. The zero-order chi connectivity index (χ0) is 23.5. The Morgan fingerprint density at radius 1 is 0.686 bits per heavy atom. The van der Waals surface area contributed by atoms with E-state index in [0.717, 1.165) is 58.9 Å². The highest BCUT2D eigenvalue weighted by Gasteiger charge is 2.11. The predicted octanol–water partition coefficient (Wildman–Crippen LogP) is 4.87. The summed E-state index contributed by atoms with van der Waals surface area (Å²) in [7, 11) is 0. The Labute approximate surface area is 207 Å². The number of nitrogens with zero attached hydrogens (tertiary/aromatic N) is 1. The summed E-state index contributed by atoms with van der Waals surface area (Å²) in [6.07, 6.45) is 0. The van der Waals surface area contributed by atoms with Gasteiger partial charge in [0, 0.05) is 58.9 Å². The second-order valence-corrected chi connectivity index (χ2v) is 9.77. The lowest BCUT2D eigenvalue weighted by molar-refractivity contribution is 0.271. The summed E-state index contributed by atoms with van der Waals surface area (Å²) in [5.41, 5.74) is 4.12. The van der Waals surface area contributed by atoms with Crippen LogP contribution in [-0.2, 0) is 19.6 Å². The van der Waals surface area contributed by atoms with Gasteiger partial charge in [-0.3, -0.25) is 4.90 Å². The first-order valence-corrected chi connectivity index (χ1v) is 12.9. The quantitative estimate of drug-likeness (QED) is 0.257. The van der Waals surface area contributed by atoms with E-state index in [9.17, 15) is 0 Å². The van der Waals surface area contributed by atoms with Crippen LogP contribution in [0.15, 0.2) is 78.9 Å². The molecule has 178 valence electrons. The van der Waals surface area contributed by atoms with E-state index in [1.54, 1.807) is 0 Å². The second kappa shape index (κ2) is 10.3. The van der Waals surface area contributed by atoms with Gasteiger partial charge >= 0.3 is 0 Å². The van der Waals surface area contributed by atoms with Crippen molar-refractivity contribution < 1.29 is 0 Å². The molecule has 0 unspecified atom stereocenters. The SMILES string of the molecule is c1cc2cc(c1)CNCCN(CCNCc1ccc3ccc4cccc5ccc1c3c45)CCNC2. The van der Waals surface area contributed by atoms with Crippen LogP contribution in [0.1, 0.15) is 16.7 Å². The van der Waals surface area contributed by atoms with Crippen LogP contribution in [0, 0.1) is 0 Å². The molecule has 0 atom stereocenters. The highest BCUT2D eigenvalue weighted by atomic mass is 15.2. The van der Waals surface area contributed by atoms with Crippen LogP contribution in [0.5, 0.6) is 0 Å². The van der Waals surface area contributed by atoms with Crippen LogP contribution in [0.25, 0.3) is 32.3 Å². The van der Waals surface area contributed by atoms with Crippen molar-refractivity contribution in [1.29, 1.82) is 0 Å². The van der Waals surface area contributed by atoms with Crippen molar-refractivity contribution in [3.05, 3.63) is 95.6 Å². The molecule has 5 aromatic rings. The third-order valence-electron chi connectivity index (χ3n) is 7.40. The fraction of sp³-hybridized carbons (Fsp3) is 0.290. The highest BCUT2D eigenvalue weighted by Crippen LogP contribution is 2.35. The summed E-state index contributed by atoms with van der Waals surface area (Å²) in [5, 5.41) is 19.1. The van der Waals surface area contributed by atoms with E-state index in [0.29, 0.717) is 0 Å². The van der Waals surface area contributed by atoms with Crippen molar-refractivity contribution in [3.8, 4) is 0 Å². The van der Waals surface area contributed by atoms with Crippen LogP contribution < -0.4 is 16.0 Å². The summed E-state index contributed by atoms with van der Waals surface area (Å²) < 4.78 is 0. The molecule has 0 fully saturated rings. The largest absolute Gasteiger partial charge is 0.311 e. The van der Waals surface area contributed by atoms with Crippen LogP contribution in [-0.4, -0.2) is 44.2 Å². The van der Waals surface area contributed by atoms with E-state index in [1.807, 2.05) is 0 Å². The molecule has 0 amide bonds. The maximum atomic E-state index is 3.73. The Balaban J connectivity index is 1.09. The molecule has 0 saturated carbocycles. The normalized spacial score (nSPS) is 16.0. The topological polar surface area (TPSA) is 39.3 Å². The van der Waals surface area contributed by atoms with Gasteiger partial charge in [0.05, 0.1) is 0 Å². The number of nitrogens with one attached hydrogen (secondary N) is 3. The third-order valence-corrected chi connectivity index (χ3v) is 7.40. The van der Waals surface area contributed by atoms with Crippen molar-refractivity contribution in [2.45, 2.75) is 19.6 Å². The first kappa shape index (κ1) is 22.4. The zero-order valence-electron chi connectivity index (χ0n) is 20.3. The Hall–Kier alpha value is -3.02. The van der Waals surface area contributed by atoms with Gasteiger partial charge in [0.2, 0.25) is 0 Å². The molecule has 35 heavy (non-hydrogen) atoms. The van der Waals surface area contributed by atoms with Crippen molar-refractivity contribution in [2.75, 3.05) is 39.3 Å². The molecule has 0 aromatic heterocycles. The first-order valence-electron chi connectivity index (χ1n) is 12.9. The van der Waals surface area contributed by atoms with Gasteiger partial charge in [0.25, 0.3) is 0 Å². The minimum atomic E-state index is 0.896. The average Bonchev–Trinajstić information content (AvgIpc) is 2.89. The number of rotatable bonds is 5. The highest BCUT2D eigenvalue weighted by molar-refractivity contribution is 6.23. The van der Waals surface area contributed by atoms with Gasteiger partial charge in [-0.05, 0) is 49.0 Å². The fourth-order valence-electron chi connectivity index (χ4n) is 5.53. The Bertz CT molecular complexity index is 1380. The number of benzene rings is 5. The summed E-state index contributed by atoms with van der Waals surface area (Å²) in [5.74, 6) is 0. The minimum absolute atomic E-state index is 0.896. The predicted molar refractivity (Wildman–Crippen MR) is 148 cm³/mol. The zero-order valence-corrected chi connectivity index (χ0v) is 20.3. The van der Waals surface area contributed by atoms with E-state index in [-0.39, 0.29) is 0 Å². The Morgan fingerprint density at radius 3 is 2.06 bits per heavy atom. The smallest absolute Gasteiger partial charge is 0.0212 e. The molecule has 5 aromatic carbocycles. The standard InChI is InChI=1S/C31H34N4/c1-3-23-19-24(4-1)21-33-14-17-35(16-13-32-20-23)18-15-34-22-28-10-9-27-8-7-25-5-2-6-26-11-12-29(28)31(27)30(25)26/h1-12,19,32-34H,13-18,20-22H2. The monoisotopic (exact) mass is 462 g/mol. The van der Waals surface area contributed by atoms with E-state index in [4.69, 9.17) is 0 Å². The van der Waals surface area contributed by atoms with Crippen LogP contribution >= 0.6 is 0 Å². The summed E-state index contributed by atoms with van der Waals surface area (Å²) in [4.78, 5) is 2.56. The van der Waals surface area contributed by atoms with Gasteiger partial charge in [0.15, 0.2) is 0 Å². The summed E-state index contributed by atoms with van der Waals surface area (Å²) >= 11 is 0. The Morgan fingerprint density at radius 2 is 1.31 bits per heavy atom. The van der Waals surface area contributed by atoms with Crippen molar-refractivity contribution in [3.63, 3.8) is 0 Å². The van der Waals surface area contributed by atoms with Gasteiger partial charge in [-0.15, -0.1) is 0 Å². The van der Waals surface area contributed by atoms with Crippen LogP contribution in [0.2, 0.25) is 0 Å². The van der Waals surface area contributed by atoms with Gasteiger partial charge in [-0.25, -0.2) is 0 Å². The van der Waals surface area contributed by atoms with Crippen LogP contribution in [0.4, 0.5) is 0 Å². The molecule has 2 bridgehead atoms. The van der Waals surface area contributed by atoms with Gasteiger partial charge < -0.3 is 16.0 Å². The first-order chi connectivity index (χ1) is 17.3. The van der Waals surface area contributed by atoms with Gasteiger partial charge in [-0.1, -0.05) is 78.9 Å². The van der Waals surface area contributed by atoms with Gasteiger partial charge in [-0.2, -0.15) is 0 Å². The molecular weight excluding hydrogens is 428 g/mol. The van der Waals surface area contributed by atoms with Gasteiger partial charge in [0.1, 0.15) is 0 Å². The maximum absolute atomic E-state index is 3.73. The molecule has 1 aliphatic rings. The summed E-state index contributed by atoms with van der Waals surface area (Å²) in [6, 6.07) is 29.2. The molecule has 4 nitrogen and oxygen atoms in total. The average molecular weight is 463 g/mol. The van der Waals surface area contributed by atoms with E-state index >= 15 is 0 Å². The number of fused-ring (bicyclic) bond motifs is 2. The molecule has 1 heterocycles. The maximum Gasteiger partial charge on any atom is 0.0212 e. The van der Waals surface area contributed by atoms with E-state index in [2.05, 4.69) is 99.7 Å². The lowest BCUT2D eigenvalue weighted by Crippen LogP contribution is -2.40. The molecule has 1 aliphatic heterocycles. The molecule has 0 aliphatic carbocycles. The minimum Gasteiger partial charge on any atom is -0.311 e. The molecule has 0 saturated heterocycles. The van der Waals surface area contributed by atoms with Crippen LogP contribution in [0.3, 0.4) is 0 Å². The van der Waals surface area contributed by atoms with Crippen molar-refractivity contribution in [1.82, 2.24) is 20.9 Å². The van der Waals surface area contributed by atoms with E-state index < -0.39 is 0 Å². The number of hydrogen-bond donors (Lipinski definition) is 3. The van der Waals surface area contributed by atoms with E-state index in [1.165, 1.54) is 49.0 Å².